The summed E-state index contributed by atoms with van der Waals surface area (Å²) in [6.07, 6.45) is 2.57. The minimum absolute atomic E-state index is 0.0735. The van der Waals surface area contributed by atoms with Gasteiger partial charge in [0, 0.05) is 5.92 Å². The van der Waals surface area contributed by atoms with E-state index in [0.29, 0.717) is 11.8 Å². The first-order chi connectivity index (χ1) is 5.63. The molecule has 66 valence electrons. The number of hydrogen-bond donors (Lipinski definition) is 0. The summed E-state index contributed by atoms with van der Waals surface area (Å²) < 4.78 is 5.42. The van der Waals surface area contributed by atoms with Crippen molar-refractivity contribution in [3.8, 4) is 0 Å². The number of fused-ring (bicyclic) bond motifs is 1. The van der Waals surface area contributed by atoms with Crippen LogP contribution in [-0.2, 0) is 9.53 Å². The lowest BCUT2D eigenvalue weighted by molar-refractivity contribution is -0.147. The summed E-state index contributed by atoms with van der Waals surface area (Å²) in [4.78, 5) is 11.5. The van der Waals surface area contributed by atoms with E-state index in [9.17, 15) is 4.79 Å². The Labute approximate surface area is 72.3 Å². The quantitative estimate of drug-likeness (QED) is 0.511. The van der Waals surface area contributed by atoms with Crippen LogP contribution in [0.1, 0.15) is 26.7 Å². The van der Waals surface area contributed by atoms with Crippen LogP contribution in [0.3, 0.4) is 0 Å². The highest BCUT2D eigenvalue weighted by Crippen LogP contribution is 2.63. The molecule has 5 atom stereocenters. The Kier molecular flexibility index (Phi) is 0.984. The molecule has 1 saturated heterocycles. The second-order valence-electron chi connectivity index (χ2n) is 4.95. The van der Waals surface area contributed by atoms with Crippen molar-refractivity contribution in [2.45, 2.75) is 32.8 Å². The first-order valence-corrected chi connectivity index (χ1v) is 4.84. The molecule has 2 nitrogen and oxygen atoms in total. The smallest absolute Gasteiger partial charge is 0.312 e. The van der Waals surface area contributed by atoms with E-state index < -0.39 is 0 Å². The number of carbonyl (C=O) groups is 1. The van der Waals surface area contributed by atoms with E-state index in [1.807, 2.05) is 0 Å². The van der Waals surface area contributed by atoms with Crippen LogP contribution in [0.2, 0.25) is 0 Å². The summed E-state index contributed by atoms with van der Waals surface area (Å²) in [5, 5.41) is 0. The van der Waals surface area contributed by atoms with Crippen molar-refractivity contribution >= 4 is 5.97 Å². The maximum atomic E-state index is 11.5. The van der Waals surface area contributed by atoms with E-state index in [1.165, 1.54) is 6.42 Å². The predicted octanol–water partition coefficient (Wildman–Crippen LogP) is 1.59. The van der Waals surface area contributed by atoms with Gasteiger partial charge in [-0.25, -0.2) is 0 Å². The Morgan fingerprint density at radius 3 is 2.92 bits per heavy atom. The van der Waals surface area contributed by atoms with Crippen LogP contribution in [-0.4, -0.2) is 12.1 Å². The summed E-state index contributed by atoms with van der Waals surface area (Å²) in [5.74, 6) is 2.00. The maximum Gasteiger partial charge on any atom is 0.312 e. The number of ether oxygens (including phenoxy) is 1. The highest BCUT2D eigenvalue weighted by molar-refractivity contribution is 5.80. The topological polar surface area (TPSA) is 26.3 Å². The first-order valence-electron chi connectivity index (χ1n) is 4.84. The van der Waals surface area contributed by atoms with Gasteiger partial charge in [-0.3, -0.25) is 4.79 Å². The molecule has 0 amide bonds. The van der Waals surface area contributed by atoms with Gasteiger partial charge < -0.3 is 4.74 Å². The number of esters is 1. The van der Waals surface area contributed by atoms with Crippen molar-refractivity contribution in [2.75, 3.05) is 0 Å². The molecule has 0 aromatic rings. The molecule has 0 aromatic carbocycles. The zero-order valence-electron chi connectivity index (χ0n) is 7.54. The molecule has 2 aliphatic carbocycles. The van der Waals surface area contributed by atoms with Crippen LogP contribution >= 0.6 is 0 Å². The summed E-state index contributed by atoms with van der Waals surface area (Å²) in [5.41, 5.74) is -0.0954. The molecule has 0 N–H and O–H groups in total. The number of rotatable bonds is 0. The van der Waals surface area contributed by atoms with E-state index in [4.69, 9.17) is 4.74 Å². The third-order valence-corrected chi connectivity index (χ3v) is 4.43. The minimum Gasteiger partial charge on any atom is -0.461 e. The summed E-state index contributed by atoms with van der Waals surface area (Å²) >= 11 is 0. The van der Waals surface area contributed by atoms with Gasteiger partial charge in [0.05, 0.1) is 5.41 Å². The molecule has 2 heteroatoms. The molecule has 1 heterocycles. The maximum absolute atomic E-state index is 11.5. The van der Waals surface area contributed by atoms with Crippen molar-refractivity contribution in [1.82, 2.24) is 0 Å². The largest absolute Gasteiger partial charge is 0.461 e. The standard InChI is InChI=1S/C10H14O2/c1-5-6-3-7-8(5)12-9(11)10(7,2)4-6/h5-8H,3-4H2,1-2H3/t5-,6-,7?,8-,10?/m1/s1. The van der Waals surface area contributed by atoms with Crippen molar-refractivity contribution in [1.29, 1.82) is 0 Å². The van der Waals surface area contributed by atoms with Crippen LogP contribution < -0.4 is 0 Å². The molecule has 2 unspecified atom stereocenters. The molecular formula is C10H14O2. The van der Waals surface area contributed by atoms with Gasteiger partial charge >= 0.3 is 5.97 Å². The highest BCUT2D eigenvalue weighted by Gasteiger charge is 2.66. The highest BCUT2D eigenvalue weighted by atomic mass is 16.6. The van der Waals surface area contributed by atoms with E-state index in [1.54, 1.807) is 0 Å². The lowest BCUT2D eigenvalue weighted by Gasteiger charge is -2.26. The average Bonchev–Trinajstić information content (AvgIpc) is 2.53. The number of carbonyl (C=O) groups excluding carboxylic acids is 1. The molecule has 2 bridgehead atoms. The van der Waals surface area contributed by atoms with Gasteiger partial charge in [0.2, 0.25) is 0 Å². The predicted molar refractivity (Wildman–Crippen MR) is 43.4 cm³/mol. The molecule has 3 rings (SSSR count). The summed E-state index contributed by atoms with van der Waals surface area (Å²) in [6.45, 7) is 4.32. The monoisotopic (exact) mass is 166 g/mol. The zero-order chi connectivity index (χ0) is 8.51. The Morgan fingerprint density at radius 2 is 2.33 bits per heavy atom. The third-order valence-electron chi connectivity index (χ3n) is 4.43. The Hall–Kier alpha value is -0.530. The molecule has 0 spiro atoms. The lowest BCUT2D eigenvalue weighted by atomic mass is 9.73. The van der Waals surface area contributed by atoms with Crippen LogP contribution in [0, 0.1) is 23.2 Å². The second kappa shape index (κ2) is 1.70. The van der Waals surface area contributed by atoms with E-state index in [2.05, 4.69) is 13.8 Å². The van der Waals surface area contributed by atoms with Crippen LogP contribution in [0.15, 0.2) is 0 Å². The fraction of sp³-hybridized carbons (Fsp3) is 0.900. The molecule has 1 aliphatic heterocycles. The molecule has 2 saturated carbocycles. The molecule has 3 aliphatic rings. The molecule has 3 fully saturated rings. The van der Waals surface area contributed by atoms with E-state index >= 15 is 0 Å². The van der Waals surface area contributed by atoms with E-state index in [-0.39, 0.29) is 17.5 Å². The van der Waals surface area contributed by atoms with Gasteiger partial charge in [-0.15, -0.1) is 0 Å². The van der Waals surface area contributed by atoms with Gasteiger partial charge in [0.1, 0.15) is 6.10 Å². The molecule has 0 aromatic heterocycles. The summed E-state index contributed by atoms with van der Waals surface area (Å²) in [6, 6.07) is 0. The van der Waals surface area contributed by atoms with Gasteiger partial charge in [0.15, 0.2) is 0 Å². The lowest BCUT2D eigenvalue weighted by Crippen LogP contribution is -2.31. The normalized spacial score (nSPS) is 61.0. The second-order valence-corrected chi connectivity index (χ2v) is 4.95. The van der Waals surface area contributed by atoms with Gasteiger partial charge in [0.25, 0.3) is 0 Å². The Morgan fingerprint density at radius 1 is 1.58 bits per heavy atom. The van der Waals surface area contributed by atoms with Crippen molar-refractivity contribution in [3.63, 3.8) is 0 Å². The fourth-order valence-corrected chi connectivity index (χ4v) is 3.58. The van der Waals surface area contributed by atoms with Crippen LogP contribution in [0.5, 0.6) is 0 Å². The Bertz CT molecular complexity index is 261. The van der Waals surface area contributed by atoms with Crippen LogP contribution in [0.4, 0.5) is 0 Å². The SMILES string of the molecule is C[C@@H]1[C@@H]2CC3[C@@H]1OC(=O)C3(C)C2. The first kappa shape index (κ1) is 6.93. The Balaban J connectivity index is 2.09. The van der Waals surface area contributed by atoms with Gasteiger partial charge in [-0.2, -0.15) is 0 Å². The third kappa shape index (κ3) is 0.511. The number of hydrogen-bond acceptors (Lipinski definition) is 2. The van der Waals surface area contributed by atoms with Crippen LogP contribution in [0.25, 0.3) is 0 Å². The fourth-order valence-electron chi connectivity index (χ4n) is 3.58. The molecular weight excluding hydrogens is 152 g/mol. The molecule has 12 heavy (non-hydrogen) atoms. The average molecular weight is 166 g/mol. The van der Waals surface area contributed by atoms with Gasteiger partial charge in [-0.1, -0.05) is 6.92 Å². The van der Waals surface area contributed by atoms with Gasteiger partial charge in [-0.05, 0) is 31.6 Å². The van der Waals surface area contributed by atoms with Crippen molar-refractivity contribution in [2.24, 2.45) is 23.2 Å². The van der Waals surface area contributed by atoms with Crippen molar-refractivity contribution < 1.29 is 9.53 Å². The minimum atomic E-state index is -0.0954. The zero-order valence-corrected chi connectivity index (χ0v) is 7.54. The van der Waals surface area contributed by atoms with E-state index in [0.717, 1.165) is 12.3 Å². The van der Waals surface area contributed by atoms with Crippen molar-refractivity contribution in [3.05, 3.63) is 0 Å². The molecule has 0 radical (unpaired) electrons. The summed E-state index contributed by atoms with van der Waals surface area (Å²) in [7, 11) is 0.